The van der Waals surface area contributed by atoms with Crippen LogP contribution in [0.25, 0.3) is 11.1 Å². The van der Waals surface area contributed by atoms with Crippen LogP contribution >= 0.6 is 15.2 Å². The number of amides is 1. The highest BCUT2D eigenvalue weighted by Gasteiger charge is 2.28. The normalized spacial score (nSPS) is 14.9. The average Bonchev–Trinajstić information content (AvgIpc) is 3.06. The zero-order chi connectivity index (χ0) is 23.9. The Kier molecular flexibility index (Phi) is 8.88. The van der Waals surface area contributed by atoms with Crippen molar-refractivity contribution in [3.05, 3.63) is 59.7 Å². The molecule has 0 fully saturated rings. The molecule has 33 heavy (non-hydrogen) atoms. The summed E-state index contributed by atoms with van der Waals surface area (Å²) < 4.78 is 31.8. The summed E-state index contributed by atoms with van der Waals surface area (Å²) in [6.07, 6.45) is 1.89. The second-order valence-corrected chi connectivity index (χ2v) is 11.7. The van der Waals surface area contributed by atoms with Gasteiger partial charge >= 0.3 is 6.09 Å². The van der Waals surface area contributed by atoms with Crippen molar-refractivity contribution < 1.29 is 37.9 Å². The van der Waals surface area contributed by atoms with Gasteiger partial charge in [-0.25, -0.2) is 4.79 Å². The average molecular weight is 494 g/mol. The second kappa shape index (κ2) is 11.4. The van der Waals surface area contributed by atoms with Crippen LogP contribution in [-0.4, -0.2) is 31.8 Å². The number of benzene rings is 2. The lowest BCUT2D eigenvalue weighted by molar-refractivity contribution is -0.313. The van der Waals surface area contributed by atoms with Gasteiger partial charge in [0.15, 0.2) is 0 Å². The highest BCUT2D eigenvalue weighted by molar-refractivity contribution is 7.67. The minimum atomic E-state index is -5.16. The minimum absolute atomic E-state index is 0.00252. The van der Waals surface area contributed by atoms with E-state index in [9.17, 15) is 28.6 Å². The summed E-state index contributed by atoms with van der Waals surface area (Å²) in [5.41, 5.74) is 4.61. The summed E-state index contributed by atoms with van der Waals surface area (Å²) in [6.45, 7) is 0.472. The Morgan fingerprint density at radius 3 is 2.06 bits per heavy atom. The van der Waals surface area contributed by atoms with E-state index in [1.54, 1.807) is 0 Å². The first-order chi connectivity index (χ1) is 15.7. The van der Waals surface area contributed by atoms with Crippen molar-refractivity contribution in [3.63, 3.8) is 0 Å². The van der Waals surface area contributed by atoms with Crippen LogP contribution in [0.5, 0.6) is 0 Å². The molecule has 1 N–H and O–H groups in total. The Morgan fingerprint density at radius 1 is 0.879 bits per heavy atom. The van der Waals surface area contributed by atoms with E-state index < -0.39 is 27.2 Å². The molecule has 0 radical (unpaired) electrons. The van der Waals surface area contributed by atoms with Crippen LogP contribution in [0.4, 0.5) is 4.79 Å². The lowest BCUT2D eigenvalue weighted by Crippen LogP contribution is -2.27. The number of ether oxygens (including phenoxy) is 1. The van der Waals surface area contributed by atoms with Gasteiger partial charge in [-0.3, -0.25) is 0 Å². The lowest BCUT2D eigenvalue weighted by Gasteiger charge is -2.35. The highest BCUT2D eigenvalue weighted by atomic mass is 31.2. The predicted octanol–water partition coefficient (Wildman–Crippen LogP) is 2.53. The molecule has 1 aliphatic carbocycles. The van der Waals surface area contributed by atoms with Gasteiger partial charge < -0.3 is 38.4 Å². The molecular formula is C22H26NO8P2-3. The number of hydrogen-bond acceptors (Lipinski definition) is 8. The SMILES string of the molecule is O=C(NCCCCCCOP(=O)([O-])CP(=O)([O-])[O-])OCC1c2ccccc2-c2ccccc21. The summed E-state index contributed by atoms with van der Waals surface area (Å²) >= 11 is 0. The molecule has 0 aliphatic heterocycles. The van der Waals surface area contributed by atoms with E-state index in [1.807, 2.05) is 24.3 Å². The van der Waals surface area contributed by atoms with E-state index >= 15 is 0 Å². The minimum Gasteiger partial charge on any atom is -0.810 e. The number of alkyl carbamates (subject to hydrolysis) is 1. The second-order valence-electron chi connectivity index (χ2n) is 7.86. The van der Waals surface area contributed by atoms with Gasteiger partial charge in [0.25, 0.3) is 0 Å². The quantitative estimate of drug-likeness (QED) is 0.349. The molecule has 2 aromatic rings. The Morgan fingerprint density at radius 2 is 1.45 bits per heavy atom. The molecule has 1 aliphatic rings. The molecule has 0 heterocycles. The first-order valence-electron chi connectivity index (χ1n) is 10.7. The fraction of sp³-hybridized carbons (Fsp3) is 0.409. The maximum Gasteiger partial charge on any atom is 0.407 e. The van der Waals surface area contributed by atoms with Crippen LogP contribution in [0.2, 0.25) is 0 Å². The lowest BCUT2D eigenvalue weighted by atomic mass is 9.98. The van der Waals surface area contributed by atoms with Crippen molar-refractivity contribution in [1.82, 2.24) is 5.32 Å². The van der Waals surface area contributed by atoms with Gasteiger partial charge in [-0.2, -0.15) is 0 Å². The molecule has 11 heteroatoms. The number of fused-ring (bicyclic) bond motifs is 3. The van der Waals surface area contributed by atoms with Crippen molar-refractivity contribution in [2.75, 3.05) is 25.7 Å². The number of rotatable bonds is 12. The zero-order valence-corrected chi connectivity index (χ0v) is 19.8. The van der Waals surface area contributed by atoms with E-state index in [1.165, 1.54) is 0 Å². The molecule has 9 nitrogen and oxygen atoms in total. The van der Waals surface area contributed by atoms with Crippen molar-refractivity contribution in [2.45, 2.75) is 31.6 Å². The van der Waals surface area contributed by atoms with Crippen LogP contribution in [-0.2, 0) is 18.4 Å². The zero-order valence-electron chi connectivity index (χ0n) is 18.0. The summed E-state index contributed by atoms with van der Waals surface area (Å²) in [7, 11) is -9.82. The summed E-state index contributed by atoms with van der Waals surface area (Å²) in [5, 5.41) is 2.71. The Labute approximate surface area is 192 Å². The van der Waals surface area contributed by atoms with Crippen LogP contribution in [0.1, 0.15) is 42.7 Å². The van der Waals surface area contributed by atoms with E-state index in [-0.39, 0.29) is 19.1 Å². The van der Waals surface area contributed by atoms with Crippen molar-refractivity contribution >= 4 is 21.3 Å². The van der Waals surface area contributed by atoms with Crippen molar-refractivity contribution in [2.24, 2.45) is 0 Å². The monoisotopic (exact) mass is 494 g/mol. The van der Waals surface area contributed by atoms with Gasteiger partial charge in [0.05, 0.1) is 6.61 Å². The molecule has 1 amide bonds. The highest BCUT2D eigenvalue weighted by Crippen LogP contribution is 2.48. The number of hydrogen-bond donors (Lipinski definition) is 1. The maximum atomic E-state index is 12.1. The first kappa shape index (κ1) is 25.6. The molecule has 0 aromatic heterocycles. The number of carbonyl (C=O) groups is 1. The Bertz CT molecular complexity index is 1010. The van der Waals surface area contributed by atoms with Gasteiger partial charge in [-0.15, -0.1) is 0 Å². The van der Waals surface area contributed by atoms with Crippen LogP contribution in [0, 0.1) is 0 Å². The Hall–Kier alpha value is -1.99. The smallest absolute Gasteiger partial charge is 0.407 e. The first-order valence-corrected chi connectivity index (χ1v) is 14.2. The maximum absolute atomic E-state index is 12.1. The van der Waals surface area contributed by atoms with Gasteiger partial charge in [-0.1, -0.05) is 69.0 Å². The fourth-order valence-electron chi connectivity index (χ4n) is 3.88. The number of carbonyl (C=O) groups excluding carboxylic acids is 1. The Balaban J connectivity index is 1.31. The van der Waals surface area contributed by atoms with Gasteiger partial charge in [0.1, 0.15) is 14.2 Å². The van der Waals surface area contributed by atoms with Gasteiger partial charge in [0.2, 0.25) is 0 Å². The van der Waals surface area contributed by atoms with E-state index in [0.29, 0.717) is 32.2 Å². The molecular weight excluding hydrogens is 468 g/mol. The summed E-state index contributed by atoms with van der Waals surface area (Å²) in [6, 6.07) is 16.2. The van der Waals surface area contributed by atoms with Crippen molar-refractivity contribution in [3.8, 4) is 11.1 Å². The van der Waals surface area contributed by atoms with Crippen LogP contribution in [0.15, 0.2) is 48.5 Å². The van der Waals surface area contributed by atoms with E-state index in [0.717, 1.165) is 22.3 Å². The largest absolute Gasteiger partial charge is 0.810 e. The van der Waals surface area contributed by atoms with Crippen LogP contribution < -0.4 is 20.0 Å². The molecule has 3 rings (SSSR count). The summed E-state index contributed by atoms with van der Waals surface area (Å²) in [5.74, 6) is -1.51. The number of unbranched alkanes of at least 4 members (excludes halogenated alkanes) is 3. The third kappa shape index (κ3) is 7.78. The third-order valence-corrected chi connectivity index (χ3v) is 8.67. The molecule has 0 spiro atoms. The van der Waals surface area contributed by atoms with Crippen LogP contribution in [0.3, 0.4) is 0 Å². The van der Waals surface area contributed by atoms with E-state index in [2.05, 4.69) is 34.1 Å². The van der Waals surface area contributed by atoms with Gasteiger partial charge in [-0.05, 0) is 35.1 Å². The number of nitrogens with one attached hydrogen (secondary N) is 1. The molecule has 0 bridgehead atoms. The molecule has 1 atom stereocenters. The standard InChI is InChI=1S/C22H29NO8P2/c24-22(23-13-7-1-2-8-14-31-33(28,29)16-32(25,26)27)30-15-21-19-11-5-3-9-17(19)18-10-4-6-12-20(18)21/h3-6,9-12,21H,1-2,7-8,13-16H2,(H,23,24)(H,28,29)(H2,25,26,27)/p-3. The predicted molar refractivity (Wildman–Crippen MR) is 118 cm³/mol. The topological polar surface area (TPSA) is 151 Å². The third-order valence-electron chi connectivity index (χ3n) is 5.32. The van der Waals surface area contributed by atoms with Gasteiger partial charge in [0, 0.05) is 18.4 Å². The molecule has 2 aromatic carbocycles. The summed E-state index contributed by atoms with van der Waals surface area (Å²) in [4.78, 5) is 44.4. The fourth-order valence-corrected chi connectivity index (χ4v) is 6.31. The molecule has 1 unspecified atom stereocenters. The molecule has 180 valence electrons. The van der Waals surface area contributed by atoms with Crippen molar-refractivity contribution in [1.29, 1.82) is 0 Å². The molecule has 0 saturated carbocycles. The van der Waals surface area contributed by atoms with E-state index in [4.69, 9.17) is 4.74 Å². The molecule has 0 saturated heterocycles.